The number of carbonyl (C=O) groups is 1. The molecule has 28 heavy (non-hydrogen) atoms. The second-order valence-corrected chi connectivity index (χ2v) is 6.65. The Labute approximate surface area is 169 Å². The second kappa shape index (κ2) is 15.3. The molecule has 0 amide bonds. The first-order valence-corrected chi connectivity index (χ1v) is 10.4. The van der Waals surface area contributed by atoms with Crippen LogP contribution in [0.5, 0.6) is 5.75 Å². The quantitative estimate of drug-likeness (QED) is 0.287. The molecule has 0 aliphatic rings. The first-order valence-electron chi connectivity index (χ1n) is 10.4. The van der Waals surface area contributed by atoms with Gasteiger partial charge in [0.2, 0.25) is 0 Å². The molecule has 0 aliphatic heterocycles. The maximum absolute atomic E-state index is 12.1. The average Bonchev–Trinajstić information content (AvgIpc) is 2.70. The van der Waals surface area contributed by atoms with Gasteiger partial charge in [0.1, 0.15) is 5.75 Å². The number of carboxylic acids is 1. The lowest BCUT2D eigenvalue weighted by molar-refractivity contribution is -0.218. The number of para-hydroxylation sites is 1. The van der Waals surface area contributed by atoms with E-state index in [1.807, 2.05) is 25.1 Å². The van der Waals surface area contributed by atoms with Gasteiger partial charge in [-0.3, -0.25) is 0 Å². The number of ether oxygens (including phenoxy) is 4. The lowest BCUT2D eigenvalue weighted by Crippen LogP contribution is -2.48. The van der Waals surface area contributed by atoms with Gasteiger partial charge in [0.25, 0.3) is 0 Å². The third kappa shape index (κ3) is 10.1. The Morgan fingerprint density at radius 3 is 2.21 bits per heavy atom. The van der Waals surface area contributed by atoms with E-state index in [0.29, 0.717) is 32.0 Å². The SMILES string of the molecule is CCCCCCCCC(OCCOCCOCC)(Oc1ccccc1)C(=O)O. The first kappa shape index (κ1) is 24.4. The van der Waals surface area contributed by atoms with Gasteiger partial charge in [-0.1, -0.05) is 57.2 Å². The van der Waals surface area contributed by atoms with Crippen molar-refractivity contribution in [3.8, 4) is 5.75 Å². The lowest BCUT2D eigenvalue weighted by Gasteiger charge is -2.30. The summed E-state index contributed by atoms with van der Waals surface area (Å²) in [5.41, 5.74) is 0. The van der Waals surface area contributed by atoms with Gasteiger partial charge in [0.05, 0.1) is 26.4 Å². The van der Waals surface area contributed by atoms with E-state index in [4.69, 9.17) is 18.9 Å². The topological polar surface area (TPSA) is 74.2 Å². The van der Waals surface area contributed by atoms with Crippen LogP contribution in [0.25, 0.3) is 0 Å². The molecule has 0 saturated carbocycles. The van der Waals surface area contributed by atoms with Crippen LogP contribution in [0.1, 0.15) is 58.8 Å². The fraction of sp³-hybridized carbons (Fsp3) is 0.682. The molecular formula is C22H36O6. The summed E-state index contributed by atoms with van der Waals surface area (Å²) in [5, 5.41) is 9.89. The van der Waals surface area contributed by atoms with E-state index >= 15 is 0 Å². The molecule has 0 heterocycles. The van der Waals surface area contributed by atoms with Crippen LogP contribution >= 0.6 is 0 Å². The van der Waals surface area contributed by atoms with Crippen molar-refractivity contribution in [3.63, 3.8) is 0 Å². The van der Waals surface area contributed by atoms with Crippen molar-refractivity contribution in [2.45, 2.75) is 64.6 Å². The Kier molecular flexibility index (Phi) is 13.3. The fourth-order valence-corrected chi connectivity index (χ4v) is 2.81. The molecule has 0 aromatic heterocycles. The maximum atomic E-state index is 12.1. The van der Waals surface area contributed by atoms with Crippen molar-refractivity contribution < 1.29 is 28.8 Å². The maximum Gasteiger partial charge on any atom is 0.377 e. The van der Waals surface area contributed by atoms with Crippen molar-refractivity contribution in [3.05, 3.63) is 30.3 Å². The van der Waals surface area contributed by atoms with Gasteiger partial charge in [-0.2, -0.15) is 0 Å². The number of rotatable bonds is 18. The zero-order chi connectivity index (χ0) is 20.5. The number of carboxylic acid groups (broad SMARTS) is 1. The fourth-order valence-electron chi connectivity index (χ4n) is 2.81. The zero-order valence-electron chi connectivity index (χ0n) is 17.4. The van der Waals surface area contributed by atoms with E-state index in [1.165, 1.54) is 19.3 Å². The van der Waals surface area contributed by atoms with Gasteiger partial charge in [0, 0.05) is 13.0 Å². The monoisotopic (exact) mass is 396 g/mol. The molecule has 6 nitrogen and oxygen atoms in total. The van der Waals surface area contributed by atoms with Gasteiger partial charge >= 0.3 is 11.8 Å². The van der Waals surface area contributed by atoms with E-state index in [2.05, 4.69) is 6.92 Å². The highest BCUT2D eigenvalue weighted by Crippen LogP contribution is 2.26. The minimum atomic E-state index is -1.70. The summed E-state index contributed by atoms with van der Waals surface area (Å²) in [4.78, 5) is 12.1. The Hall–Kier alpha value is -1.63. The van der Waals surface area contributed by atoms with Crippen LogP contribution in [0, 0.1) is 0 Å². The van der Waals surface area contributed by atoms with Crippen molar-refractivity contribution in [1.29, 1.82) is 0 Å². The van der Waals surface area contributed by atoms with Gasteiger partial charge in [-0.25, -0.2) is 4.79 Å². The highest BCUT2D eigenvalue weighted by molar-refractivity contribution is 5.76. The van der Waals surface area contributed by atoms with Crippen molar-refractivity contribution in [1.82, 2.24) is 0 Å². The minimum absolute atomic E-state index is 0.140. The van der Waals surface area contributed by atoms with Crippen LogP contribution in [0.3, 0.4) is 0 Å². The molecule has 0 saturated heterocycles. The number of aliphatic carboxylic acids is 1. The van der Waals surface area contributed by atoms with E-state index < -0.39 is 11.8 Å². The number of hydrogen-bond donors (Lipinski definition) is 1. The first-order chi connectivity index (χ1) is 13.6. The largest absolute Gasteiger partial charge is 0.476 e. The highest BCUT2D eigenvalue weighted by Gasteiger charge is 2.42. The van der Waals surface area contributed by atoms with Crippen molar-refractivity contribution in [2.75, 3.05) is 33.0 Å². The van der Waals surface area contributed by atoms with E-state index in [0.717, 1.165) is 19.3 Å². The van der Waals surface area contributed by atoms with E-state index in [1.54, 1.807) is 12.1 Å². The van der Waals surface area contributed by atoms with Crippen molar-refractivity contribution >= 4 is 5.97 Å². The molecule has 1 aromatic rings. The summed E-state index contributed by atoms with van der Waals surface area (Å²) >= 11 is 0. The van der Waals surface area contributed by atoms with Gasteiger partial charge in [-0.15, -0.1) is 0 Å². The van der Waals surface area contributed by atoms with Crippen LogP contribution in [-0.2, 0) is 19.0 Å². The second-order valence-electron chi connectivity index (χ2n) is 6.65. The molecular weight excluding hydrogens is 360 g/mol. The summed E-state index contributed by atoms with van der Waals surface area (Å²) in [6.07, 6.45) is 6.64. The van der Waals surface area contributed by atoms with Gasteiger partial charge in [0.15, 0.2) is 0 Å². The molecule has 0 fully saturated rings. The molecule has 1 rings (SSSR count). The smallest absolute Gasteiger partial charge is 0.377 e. The normalized spacial score (nSPS) is 13.2. The molecule has 1 N–H and O–H groups in total. The molecule has 0 radical (unpaired) electrons. The molecule has 0 spiro atoms. The lowest BCUT2D eigenvalue weighted by atomic mass is 10.0. The van der Waals surface area contributed by atoms with Gasteiger partial charge < -0.3 is 24.1 Å². The van der Waals surface area contributed by atoms with E-state index in [9.17, 15) is 9.90 Å². The molecule has 1 aromatic carbocycles. The zero-order valence-corrected chi connectivity index (χ0v) is 17.4. The van der Waals surface area contributed by atoms with Crippen LogP contribution in [-0.4, -0.2) is 49.9 Å². The summed E-state index contributed by atoms with van der Waals surface area (Å²) in [5.74, 6) is -2.33. The Morgan fingerprint density at radius 1 is 0.893 bits per heavy atom. The van der Waals surface area contributed by atoms with Crippen LogP contribution < -0.4 is 4.74 Å². The molecule has 1 atom stereocenters. The molecule has 160 valence electrons. The third-order valence-corrected chi connectivity index (χ3v) is 4.35. The highest BCUT2D eigenvalue weighted by atomic mass is 16.7. The molecule has 0 bridgehead atoms. The predicted octanol–water partition coefficient (Wildman–Crippen LogP) is 4.67. The Bertz CT molecular complexity index is 507. The Morgan fingerprint density at radius 2 is 1.54 bits per heavy atom. The van der Waals surface area contributed by atoms with Gasteiger partial charge in [-0.05, 0) is 25.5 Å². The van der Waals surface area contributed by atoms with Crippen LogP contribution in [0.4, 0.5) is 0 Å². The van der Waals surface area contributed by atoms with Crippen LogP contribution in [0.2, 0.25) is 0 Å². The summed E-state index contributed by atoms with van der Waals surface area (Å²) in [6.45, 7) is 6.14. The Balaban J connectivity index is 2.60. The van der Waals surface area contributed by atoms with Crippen molar-refractivity contribution in [2.24, 2.45) is 0 Å². The number of unbranched alkanes of at least 4 members (excludes halogenated alkanes) is 5. The molecule has 0 aliphatic carbocycles. The summed E-state index contributed by atoms with van der Waals surface area (Å²) in [6, 6.07) is 8.95. The number of benzene rings is 1. The number of hydrogen-bond acceptors (Lipinski definition) is 5. The predicted molar refractivity (Wildman–Crippen MR) is 109 cm³/mol. The van der Waals surface area contributed by atoms with Crippen LogP contribution in [0.15, 0.2) is 30.3 Å². The van der Waals surface area contributed by atoms with E-state index in [-0.39, 0.29) is 13.2 Å². The standard InChI is InChI=1S/C22H36O6/c1-3-5-6-7-8-12-15-22(21(23)24,28-20-13-10-9-11-14-20)27-19-18-26-17-16-25-4-2/h9-11,13-14H,3-8,12,15-19H2,1-2H3,(H,23,24). The average molecular weight is 397 g/mol. The molecule has 1 unspecified atom stereocenters. The molecule has 6 heteroatoms. The minimum Gasteiger partial charge on any atom is -0.476 e. The summed E-state index contributed by atoms with van der Waals surface area (Å²) in [7, 11) is 0. The summed E-state index contributed by atoms with van der Waals surface area (Å²) < 4.78 is 22.2. The third-order valence-electron chi connectivity index (χ3n) is 4.35.